The van der Waals surface area contributed by atoms with E-state index < -0.39 is 23.7 Å². The normalized spacial score (nSPS) is 12.3. The van der Waals surface area contributed by atoms with Gasteiger partial charge in [-0.15, -0.1) is 10.2 Å². The summed E-state index contributed by atoms with van der Waals surface area (Å²) < 4.78 is 40.4. The number of aromatic nitrogens is 3. The monoisotopic (exact) mass is 491 g/mol. The van der Waals surface area contributed by atoms with Crippen LogP contribution in [-0.4, -0.2) is 32.3 Å². The Morgan fingerprint density at radius 1 is 1.12 bits per heavy atom. The van der Waals surface area contributed by atoms with Crippen molar-refractivity contribution in [1.82, 2.24) is 20.1 Å². The largest absolute Gasteiger partial charge is 0.416 e. The zero-order valence-corrected chi connectivity index (χ0v) is 19.6. The molecule has 0 saturated heterocycles. The lowest BCUT2D eigenvalue weighted by Crippen LogP contribution is -2.29. The van der Waals surface area contributed by atoms with Crippen LogP contribution in [0.15, 0.2) is 53.7 Å². The van der Waals surface area contributed by atoms with Crippen LogP contribution in [0, 0.1) is 6.92 Å². The van der Waals surface area contributed by atoms with Gasteiger partial charge in [-0.2, -0.15) is 13.2 Å². The Labute approximate surface area is 199 Å². The number of hydrogen-bond acceptors (Lipinski definition) is 5. The molecular weight excluding hydrogens is 467 g/mol. The number of amides is 2. The van der Waals surface area contributed by atoms with Gasteiger partial charge in [-0.25, -0.2) is 0 Å². The number of thioether (sulfide) groups is 1. The molecule has 2 N–H and O–H groups in total. The van der Waals surface area contributed by atoms with E-state index in [1.807, 2.05) is 26.0 Å². The van der Waals surface area contributed by atoms with Gasteiger partial charge in [-0.05, 0) is 50.6 Å². The maximum absolute atomic E-state index is 12.9. The van der Waals surface area contributed by atoms with E-state index in [0.29, 0.717) is 23.1 Å². The van der Waals surface area contributed by atoms with Gasteiger partial charge in [-0.3, -0.25) is 9.59 Å². The molecule has 0 fully saturated rings. The fraction of sp³-hybridized carbons (Fsp3) is 0.304. The van der Waals surface area contributed by atoms with Crippen molar-refractivity contribution in [3.63, 3.8) is 0 Å². The first-order valence-corrected chi connectivity index (χ1v) is 11.5. The lowest BCUT2D eigenvalue weighted by Gasteiger charge is -2.16. The van der Waals surface area contributed by atoms with Crippen LogP contribution in [-0.2, 0) is 17.5 Å². The third-order valence-corrected chi connectivity index (χ3v) is 5.96. The second kappa shape index (κ2) is 10.7. The van der Waals surface area contributed by atoms with E-state index in [9.17, 15) is 22.8 Å². The highest BCUT2D eigenvalue weighted by molar-refractivity contribution is 7.99. The lowest BCUT2D eigenvalue weighted by molar-refractivity contribution is -0.137. The van der Waals surface area contributed by atoms with Crippen molar-refractivity contribution in [2.45, 2.75) is 44.7 Å². The predicted octanol–water partition coefficient (Wildman–Crippen LogP) is 4.85. The second-order valence-corrected chi connectivity index (χ2v) is 8.45. The maximum atomic E-state index is 12.9. The van der Waals surface area contributed by atoms with E-state index in [-0.39, 0.29) is 17.3 Å². The standard InChI is InChI=1S/C23H24F3N5O2S/c1-4-31-20(15(3)27-21(33)18-11-6-5-8-14(18)2)29-30-22(31)34-13-19(32)28-17-10-7-9-16(12-17)23(24,25)26/h5-12,15H,4,13H2,1-3H3,(H,27,33)(H,28,32). The highest BCUT2D eigenvalue weighted by Crippen LogP contribution is 2.30. The minimum absolute atomic E-state index is 0.0608. The molecule has 1 atom stereocenters. The van der Waals surface area contributed by atoms with Gasteiger partial charge in [0.15, 0.2) is 11.0 Å². The molecule has 2 aromatic carbocycles. The molecular formula is C23H24F3N5O2S. The lowest BCUT2D eigenvalue weighted by atomic mass is 10.1. The Kier molecular flexibility index (Phi) is 7.98. The third-order valence-electron chi connectivity index (χ3n) is 4.99. The fourth-order valence-electron chi connectivity index (χ4n) is 3.29. The van der Waals surface area contributed by atoms with Crippen LogP contribution in [0.25, 0.3) is 0 Å². The number of alkyl halides is 3. The molecule has 0 aliphatic heterocycles. The Hall–Kier alpha value is -3.34. The summed E-state index contributed by atoms with van der Waals surface area (Å²) in [6.07, 6.45) is -4.49. The number of benzene rings is 2. The summed E-state index contributed by atoms with van der Waals surface area (Å²) in [5, 5.41) is 14.2. The van der Waals surface area contributed by atoms with Gasteiger partial charge in [0.05, 0.1) is 17.4 Å². The number of carbonyl (C=O) groups is 2. The van der Waals surface area contributed by atoms with Crippen molar-refractivity contribution in [2.24, 2.45) is 0 Å². The molecule has 0 aliphatic rings. The first-order valence-electron chi connectivity index (χ1n) is 10.5. The summed E-state index contributed by atoms with van der Waals surface area (Å²) in [6, 6.07) is 11.3. The average molecular weight is 492 g/mol. The van der Waals surface area contributed by atoms with E-state index in [0.717, 1.165) is 29.5 Å². The van der Waals surface area contributed by atoms with Crippen LogP contribution in [0.2, 0.25) is 0 Å². The van der Waals surface area contributed by atoms with Gasteiger partial charge in [0.2, 0.25) is 5.91 Å². The topological polar surface area (TPSA) is 88.9 Å². The SMILES string of the molecule is CCn1c(SCC(=O)Nc2cccc(C(F)(F)F)c2)nnc1C(C)NC(=O)c1ccccc1C. The maximum Gasteiger partial charge on any atom is 0.416 e. The highest BCUT2D eigenvalue weighted by atomic mass is 32.2. The molecule has 2 amide bonds. The first kappa shape index (κ1) is 25.3. The van der Waals surface area contributed by atoms with Gasteiger partial charge in [0.25, 0.3) is 5.91 Å². The number of anilines is 1. The zero-order chi connectivity index (χ0) is 24.9. The summed E-state index contributed by atoms with van der Waals surface area (Å²) in [4.78, 5) is 24.9. The molecule has 180 valence electrons. The molecule has 0 aliphatic carbocycles. The van der Waals surface area contributed by atoms with Crippen LogP contribution < -0.4 is 10.6 Å². The van der Waals surface area contributed by atoms with E-state index in [4.69, 9.17) is 0 Å². The molecule has 3 rings (SSSR count). The molecule has 7 nitrogen and oxygen atoms in total. The predicted molar refractivity (Wildman–Crippen MR) is 124 cm³/mol. The van der Waals surface area contributed by atoms with E-state index in [2.05, 4.69) is 20.8 Å². The number of hydrogen-bond donors (Lipinski definition) is 2. The molecule has 11 heteroatoms. The molecule has 0 radical (unpaired) electrons. The first-order chi connectivity index (χ1) is 16.1. The zero-order valence-electron chi connectivity index (χ0n) is 18.8. The van der Waals surface area contributed by atoms with Crippen LogP contribution in [0.3, 0.4) is 0 Å². The molecule has 0 spiro atoms. The minimum Gasteiger partial charge on any atom is -0.342 e. The third kappa shape index (κ3) is 6.16. The van der Waals surface area contributed by atoms with Crippen molar-refractivity contribution in [2.75, 3.05) is 11.1 Å². The van der Waals surface area contributed by atoms with Gasteiger partial charge >= 0.3 is 6.18 Å². The summed E-state index contributed by atoms with van der Waals surface area (Å²) in [6.45, 7) is 6.04. The summed E-state index contributed by atoms with van der Waals surface area (Å²) in [5.74, 6) is -0.244. The van der Waals surface area contributed by atoms with Crippen molar-refractivity contribution in [1.29, 1.82) is 0 Å². The van der Waals surface area contributed by atoms with Crippen molar-refractivity contribution in [3.8, 4) is 0 Å². The van der Waals surface area contributed by atoms with E-state index in [1.54, 1.807) is 23.6 Å². The van der Waals surface area contributed by atoms with Crippen LogP contribution in [0.5, 0.6) is 0 Å². The molecule has 0 bridgehead atoms. The Balaban J connectivity index is 1.63. The minimum atomic E-state index is -4.49. The smallest absolute Gasteiger partial charge is 0.342 e. The van der Waals surface area contributed by atoms with Crippen LogP contribution in [0.4, 0.5) is 18.9 Å². The number of halogens is 3. The number of rotatable bonds is 8. The second-order valence-electron chi connectivity index (χ2n) is 7.51. The molecule has 1 unspecified atom stereocenters. The Morgan fingerprint density at radius 2 is 1.85 bits per heavy atom. The van der Waals surface area contributed by atoms with Gasteiger partial charge in [-0.1, -0.05) is 36.0 Å². The van der Waals surface area contributed by atoms with Crippen molar-refractivity contribution >= 4 is 29.3 Å². The molecule has 34 heavy (non-hydrogen) atoms. The van der Waals surface area contributed by atoms with E-state index in [1.165, 1.54) is 12.1 Å². The Bertz CT molecular complexity index is 1180. The summed E-state index contributed by atoms with van der Waals surface area (Å²) in [5.41, 5.74) is 0.644. The molecule has 1 heterocycles. The van der Waals surface area contributed by atoms with Crippen molar-refractivity contribution in [3.05, 3.63) is 71.0 Å². The van der Waals surface area contributed by atoms with Gasteiger partial charge in [0, 0.05) is 17.8 Å². The number of carbonyl (C=O) groups excluding carboxylic acids is 2. The van der Waals surface area contributed by atoms with Gasteiger partial charge in [0.1, 0.15) is 0 Å². The van der Waals surface area contributed by atoms with Crippen LogP contribution >= 0.6 is 11.8 Å². The van der Waals surface area contributed by atoms with Crippen LogP contribution in [0.1, 0.15) is 47.2 Å². The molecule has 3 aromatic rings. The highest BCUT2D eigenvalue weighted by Gasteiger charge is 2.30. The summed E-state index contributed by atoms with van der Waals surface area (Å²) >= 11 is 1.11. The summed E-state index contributed by atoms with van der Waals surface area (Å²) in [7, 11) is 0. The Morgan fingerprint density at radius 3 is 2.53 bits per heavy atom. The van der Waals surface area contributed by atoms with Gasteiger partial charge < -0.3 is 15.2 Å². The van der Waals surface area contributed by atoms with E-state index >= 15 is 0 Å². The average Bonchev–Trinajstić information content (AvgIpc) is 3.20. The molecule has 1 aromatic heterocycles. The number of nitrogens with zero attached hydrogens (tertiary/aromatic N) is 3. The quantitative estimate of drug-likeness (QED) is 0.440. The number of aryl methyl sites for hydroxylation is 1. The number of nitrogens with one attached hydrogen (secondary N) is 2. The fourth-order valence-corrected chi connectivity index (χ4v) is 4.10. The van der Waals surface area contributed by atoms with Crippen molar-refractivity contribution < 1.29 is 22.8 Å². The molecule has 0 saturated carbocycles.